The Balaban J connectivity index is 3.16. The molecule has 0 saturated heterocycles. The van der Waals surface area contributed by atoms with Gasteiger partial charge in [0.1, 0.15) is 5.82 Å². The van der Waals surface area contributed by atoms with Crippen molar-refractivity contribution in [2.45, 2.75) is 26.8 Å². The van der Waals surface area contributed by atoms with Crippen LogP contribution in [0.25, 0.3) is 0 Å². The molecule has 110 valence electrons. The highest BCUT2D eigenvalue weighted by Gasteiger charge is 2.30. The lowest BCUT2D eigenvalue weighted by Crippen LogP contribution is -2.45. The van der Waals surface area contributed by atoms with E-state index in [2.05, 4.69) is 0 Å². The number of hydrogen-bond acceptors (Lipinski definition) is 4. The molecule has 0 radical (unpaired) electrons. The number of nitrogens with zero attached hydrogens (tertiary/aromatic N) is 1. The van der Waals surface area contributed by atoms with Crippen LogP contribution in [0.5, 0.6) is 0 Å². The molecule has 0 fully saturated rings. The van der Waals surface area contributed by atoms with Crippen LogP contribution >= 0.6 is 0 Å². The number of nitrogens with one attached hydrogen (secondary N) is 1. The van der Waals surface area contributed by atoms with Crippen molar-refractivity contribution < 1.29 is 18.5 Å². The number of carbonyl (C=O) groups excluding carboxylic acids is 1. The van der Waals surface area contributed by atoms with Crippen LogP contribution in [0.4, 0.5) is 20.2 Å². The monoisotopic (exact) mass is 287 g/mol. The van der Waals surface area contributed by atoms with E-state index in [0.29, 0.717) is 12.1 Å². The maximum atomic E-state index is 13.6. The molecule has 0 saturated carbocycles. The number of nitro groups is 1. The molecule has 0 aromatic heterocycles. The number of nitrogens with two attached hydrogens (primary N) is 1. The van der Waals surface area contributed by atoms with Crippen molar-refractivity contribution in [3.05, 3.63) is 33.9 Å². The minimum atomic E-state index is -1.23. The van der Waals surface area contributed by atoms with E-state index < -0.39 is 45.3 Å². The zero-order chi connectivity index (χ0) is 15.7. The van der Waals surface area contributed by atoms with Gasteiger partial charge in [-0.05, 0) is 5.41 Å². The fourth-order valence-corrected chi connectivity index (χ4v) is 1.42. The fourth-order valence-electron chi connectivity index (χ4n) is 1.42. The Hall–Kier alpha value is -2.09. The van der Waals surface area contributed by atoms with E-state index in [1.54, 1.807) is 20.8 Å². The SMILES string of the molecule is CC(C)(C)[C@H](N)C(=O)Nc1c(F)cc(F)cc1[N+](=O)[O-]. The van der Waals surface area contributed by atoms with Gasteiger partial charge in [0.15, 0.2) is 11.5 Å². The lowest BCUT2D eigenvalue weighted by molar-refractivity contribution is -0.384. The predicted molar refractivity (Wildman–Crippen MR) is 69.1 cm³/mol. The number of nitro benzene ring substituents is 1. The second-order valence-electron chi connectivity index (χ2n) is 5.37. The first-order valence-electron chi connectivity index (χ1n) is 5.74. The minimum Gasteiger partial charge on any atom is -0.319 e. The largest absolute Gasteiger partial charge is 0.319 e. The first kappa shape index (κ1) is 16.0. The summed E-state index contributed by atoms with van der Waals surface area (Å²) >= 11 is 0. The van der Waals surface area contributed by atoms with Gasteiger partial charge in [0, 0.05) is 6.07 Å². The third-order valence-corrected chi connectivity index (χ3v) is 2.69. The van der Waals surface area contributed by atoms with Crippen molar-refractivity contribution in [1.29, 1.82) is 0 Å². The van der Waals surface area contributed by atoms with E-state index in [1.807, 2.05) is 5.32 Å². The highest BCUT2D eigenvalue weighted by molar-refractivity contribution is 5.97. The lowest BCUT2D eigenvalue weighted by atomic mass is 9.87. The summed E-state index contributed by atoms with van der Waals surface area (Å²) in [6.07, 6.45) is 0. The second-order valence-corrected chi connectivity index (χ2v) is 5.37. The highest BCUT2D eigenvalue weighted by atomic mass is 19.1. The number of carbonyl (C=O) groups is 1. The Labute approximate surface area is 114 Å². The van der Waals surface area contributed by atoms with Gasteiger partial charge in [0.05, 0.1) is 17.0 Å². The molecule has 1 aromatic rings. The molecule has 20 heavy (non-hydrogen) atoms. The van der Waals surface area contributed by atoms with E-state index in [0.717, 1.165) is 0 Å². The van der Waals surface area contributed by atoms with Gasteiger partial charge < -0.3 is 11.1 Å². The predicted octanol–water partition coefficient (Wildman–Crippen LogP) is 2.18. The third-order valence-electron chi connectivity index (χ3n) is 2.69. The summed E-state index contributed by atoms with van der Waals surface area (Å²) in [5, 5.41) is 12.8. The molecule has 8 heteroatoms. The first-order chi connectivity index (χ1) is 9.04. The summed E-state index contributed by atoms with van der Waals surface area (Å²) in [6.45, 7) is 5.06. The molecule has 0 aliphatic carbocycles. The van der Waals surface area contributed by atoms with E-state index in [4.69, 9.17) is 5.73 Å². The molecule has 1 amide bonds. The summed E-state index contributed by atoms with van der Waals surface area (Å²) in [5.74, 6) is -3.12. The van der Waals surface area contributed by atoms with Crippen molar-refractivity contribution in [3.8, 4) is 0 Å². The first-order valence-corrected chi connectivity index (χ1v) is 5.74. The zero-order valence-corrected chi connectivity index (χ0v) is 11.2. The van der Waals surface area contributed by atoms with Gasteiger partial charge in [-0.2, -0.15) is 0 Å². The van der Waals surface area contributed by atoms with Crippen molar-refractivity contribution in [1.82, 2.24) is 0 Å². The van der Waals surface area contributed by atoms with Crippen LogP contribution < -0.4 is 11.1 Å². The average molecular weight is 287 g/mol. The molecule has 0 spiro atoms. The molecule has 0 heterocycles. The summed E-state index contributed by atoms with van der Waals surface area (Å²) in [4.78, 5) is 21.6. The number of rotatable bonds is 3. The van der Waals surface area contributed by atoms with E-state index in [-0.39, 0.29) is 0 Å². The van der Waals surface area contributed by atoms with Crippen LogP contribution in [0.15, 0.2) is 12.1 Å². The number of anilines is 1. The zero-order valence-electron chi connectivity index (χ0n) is 11.2. The van der Waals surface area contributed by atoms with Crippen molar-refractivity contribution >= 4 is 17.3 Å². The topological polar surface area (TPSA) is 98.3 Å². The Bertz CT molecular complexity index is 556. The smallest absolute Gasteiger partial charge is 0.298 e. The number of amides is 1. The van der Waals surface area contributed by atoms with Gasteiger partial charge in [0.2, 0.25) is 5.91 Å². The number of benzene rings is 1. The minimum absolute atomic E-state index is 0.450. The van der Waals surface area contributed by atoms with Gasteiger partial charge in [-0.25, -0.2) is 8.78 Å². The lowest BCUT2D eigenvalue weighted by Gasteiger charge is -2.25. The molecule has 0 aliphatic heterocycles. The molecular weight excluding hydrogens is 272 g/mol. The molecule has 1 rings (SSSR count). The quantitative estimate of drug-likeness (QED) is 0.657. The van der Waals surface area contributed by atoms with Crippen LogP contribution in [-0.4, -0.2) is 16.9 Å². The van der Waals surface area contributed by atoms with Gasteiger partial charge >= 0.3 is 0 Å². The maximum absolute atomic E-state index is 13.6. The molecular formula is C12H15F2N3O3. The molecule has 3 N–H and O–H groups in total. The van der Waals surface area contributed by atoms with E-state index in [9.17, 15) is 23.7 Å². The third kappa shape index (κ3) is 3.47. The molecule has 1 aromatic carbocycles. The van der Waals surface area contributed by atoms with E-state index >= 15 is 0 Å². The van der Waals surface area contributed by atoms with Crippen LogP contribution in [-0.2, 0) is 4.79 Å². The fraction of sp³-hybridized carbons (Fsp3) is 0.417. The van der Waals surface area contributed by atoms with Gasteiger partial charge in [-0.3, -0.25) is 14.9 Å². The van der Waals surface area contributed by atoms with Crippen molar-refractivity contribution in [2.24, 2.45) is 11.1 Å². The van der Waals surface area contributed by atoms with E-state index in [1.165, 1.54) is 0 Å². The summed E-state index contributed by atoms with van der Waals surface area (Å²) < 4.78 is 26.6. The molecule has 0 unspecified atom stereocenters. The Morgan fingerprint density at radius 1 is 1.40 bits per heavy atom. The normalized spacial score (nSPS) is 12.9. The van der Waals surface area contributed by atoms with Crippen LogP contribution in [0.3, 0.4) is 0 Å². The number of hydrogen-bond donors (Lipinski definition) is 2. The van der Waals surface area contributed by atoms with Crippen LogP contribution in [0.1, 0.15) is 20.8 Å². The Kier molecular flexibility index (Phi) is 4.39. The Morgan fingerprint density at radius 3 is 2.40 bits per heavy atom. The standard InChI is InChI=1S/C12H15F2N3O3/c1-12(2,3)10(15)11(18)16-9-7(14)4-6(13)5-8(9)17(19)20/h4-5,10H,15H2,1-3H3,(H,16,18)/t10-/m1/s1. The summed E-state index contributed by atoms with van der Waals surface area (Å²) in [5.41, 5.74) is 3.50. The van der Waals surface area contributed by atoms with Gasteiger partial charge in [-0.15, -0.1) is 0 Å². The molecule has 1 atom stereocenters. The van der Waals surface area contributed by atoms with Crippen LogP contribution in [0.2, 0.25) is 0 Å². The maximum Gasteiger partial charge on any atom is 0.298 e. The van der Waals surface area contributed by atoms with Crippen LogP contribution in [0, 0.1) is 27.2 Å². The van der Waals surface area contributed by atoms with Gasteiger partial charge in [-0.1, -0.05) is 20.8 Å². The van der Waals surface area contributed by atoms with Gasteiger partial charge in [0.25, 0.3) is 5.69 Å². The highest BCUT2D eigenvalue weighted by Crippen LogP contribution is 2.29. The Morgan fingerprint density at radius 2 is 1.95 bits per heavy atom. The molecule has 0 aliphatic rings. The molecule has 0 bridgehead atoms. The summed E-state index contributed by atoms with van der Waals surface area (Å²) in [6, 6.07) is -0.0291. The number of halogens is 2. The summed E-state index contributed by atoms with van der Waals surface area (Å²) in [7, 11) is 0. The second kappa shape index (κ2) is 5.49. The van der Waals surface area contributed by atoms with Crippen molar-refractivity contribution in [3.63, 3.8) is 0 Å². The molecule has 6 nitrogen and oxygen atoms in total. The average Bonchev–Trinajstić information content (AvgIpc) is 2.29. The van der Waals surface area contributed by atoms with Crippen molar-refractivity contribution in [2.75, 3.05) is 5.32 Å².